The van der Waals surface area contributed by atoms with Crippen LogP contribution in [0.5, 0.6) is 0 Å². The van der Waals surface area contributed by atoms with E-state index < -0.39 is 19.7 Å². The van der Waals surface area contributed by atoms with E-state index in [1.54, 1.807) is 7.05 Å². The SMILES string of the molecule is CCCCCCCCCCCCCCCCOCC(COP(=O)(O)CCNC)OC(C)=O. The van der Waals surface area contributed by atoms with Crippen LogP contribution in [0, 0.1) is 0 Å². The van der Waals surface area contributed by atoms with E-state index in [4.69, 9.17) is 14.0 Å². The van der Waals surface area contributed by atoms with Crippen LogP contribution in [0.2, 0.25) is 0 Å². The number of carbonyl (C=O) groups excluding carboxylic acids is 1. The molecule has 0 heterocycles. The Labute approximate surface area is 196 Å². The maximum absolute atomic E-state index is 11.9. The molecule has 0 aromatic heterocycles. The minimum atomic E-state index is -3.69. The first-order valence-electron chi connectivity index (χ1n) is 12.8. The van der Waals surface area contributed by atoms with Gasteiger partial charge in [0.25, 0.3) is 0 Å². The molecule has 8 heteroatoms. The molecule has 0 amide bonds. The van der Waals surface area contributed by atoms with Gasteiger partial charge in [-0.25, -0.2) is 0 Å². The zero-order valence-electron chi connectivity index (χ0n) is 20.9. The van der Waals surface area contributed by atoms with Crippen LogP contribution >= 0.6 is 7.60 Å². The van der Waals surface area contributed by atoms with E-state index in [1.165, 1.54) is 84.0 Å². The zero-order valence-corrected chi connectivity index (χ0v) is 21.8. The second kappa shape index (κ2) is 22.3. The quantitative estimate of drug-likeness (QED) is 0.102. The van der Waals surface area contributed by atoms with Gasteiger partial charge >= 0.3 is 13.6 Å². The Morgan fingerprint density at radius 2 is 1.38 bits per heavy atom. The van der Waals surface area contributed by atoms with Crippen molar-refractivity contribution in [3.63, 3.8) is 0 Å². The maximum atomic E-state index is 11.9. The van der Waals surface area contributed by atoms with Crippen molar-refractivity contribution in [2.75, 3.05) is 39.6 Å². The first kappa shape index (κ1) is 31.5. The van der Waals surface area contributed by atoms with E-state index in [0.29, 0.717) is 13.2 Å². The average molecular weight is 480 g/mol. The van der Waals surface area contributed by atoms with E-state index in [9.17, 15) is 14.3 Å². The van der Waals surface area contributed by atoms with Gasteiger partial charge in [-0.1, -0.05) is 90.4 Å². The molecule has 32 heavy (non-hydrogen) atoms. The van der Waals surface area contributed by atoms with Crippen LogP contribution in [0.3, 0.4) is 0 Å². The number of carbonyl (C=O) groups is 1. The summed E-state index contributed by atoms with van der Waals surface area (Å²) in [6, 6.07) is 0. The first-order chi connectivity index (χ1) is 15.4. The lowest BCUT2D eigenvalue weighted by Crippen LogP contribution is -2.28. The van der Waals surface area contributed by atoms with Gasteiger partial charge in [0.15, 0.2) is 0 Å². The average Bonchev–Trinajstić information content (AvgIpc) is 2.75. The van der Waals surface area contributed by atoms with Gasteiger partial charge in [0.05, 0.1) is 19.4 Å². The summed E-state index contributed by atoms with van der Waals surface area (Å²) in [6.45, 7) is 4.56. The summed E-state index contributed by atoms with van der Waals surface area (Å²) in [5.41, 5.74) is 0. The fraction of sp³-hybridized carbons (Fsp3) is 0.958. The third kappa shape index (κ3) is 22.7. The lowest BCUT2D eigenvalue weighted by Gasteiger charge is -2.19. The third-order valence-corrected chi connectivity index (χ3v) is 6.73. The van der Waals surface area contributed by atoms with Crippen molar-refractivity contribution in [2.24, 2.45) is 0 Å². The Kier molecular flexibility index (Phi) is 22.0. The van der Waals surface area contributed by atoms with Gasteiger partial charge in [-0.05, 0) is 13.5 Å². The van der Waals surface area contributed by atoms with Crippen molar-refractivity contribution >= 4 is 13.6 Å². The minimum absolute atomic E-state index is 0.0101. The Hall–Kier alpha value is -0.460. The van der Waals surface area contributed by atoms with Crippen LogP contribution in [0.1, 0.15) is 104 Å². The molecule has 0 rings (SSSR count). The monoisotopic (exact) mass is 479 g/mol. The molecule has 2 atom stereocenters. The number of hydrogen-bond acceptors (Lipinski definition) is 6. The Bertz CT molecular complexity index is 477. The van der Waals surface area contributed by atoms with Crippen LogP contribution in [0.25, 0.3) is 0 Å². The van der Waals surface area contributed by atoms with Crippen molar-refractivity contribution in [3.05, 3.63) is 0 Å². The van der Waals surface area contributed by atoms with Gasteiger partial charge in [0.1, 0.15) is 6.10 Å². The second-order valence-corrected chi connectivity index (χ2v) is 10.6. The summed E-state index contributed by atoms with van der Waals surface area (Å²) in [5.74, 6) is -0.457. The first-order valence-corrected chi connectivity index (χ1v) is 14.5. The number of unbranched alkanes of at least 4 members (excludes halogenated alkanes) is 13. The number of nitrogens with one attached hydrogen (secondary N) is 1. The van der Waals surface area contributed by atoms with Gasteiger partial charge in [-0.15, -0.1) is 0 Å². The topological polar surface area (TPSA) is 94.1 Å². The highest BCUT2D eigenvalue weighted by Gasteiger charge is 2.22. The highest BCUT2D eigenvalue weighted by atomic mass is 31.2. The summed E-state index contributed by atoms with van der Waals surface area (Å²) < 4.78 is 27.7. The van der Waals surface area contributed by atoms with Gasteiger partial charge < -0.3 is 24.2 Å². The van der Waals surface area contributed by atoms with E-state index in [-0.39, 0.29) is 19.4 Å². The summed E-state index contributed by atoms with van der Waals surface area (Å²) in [5, 5.41) is 2.81. The summed E-state index contributed by atoms with van der Waals surface area (Å²) >= 11 is 0. The molecule has 7 nitrogen and oxygen atoms in total. The number of ether oxygens (including phenoxy) is 2. The van der Waals surface area contributed by atoms with Crippen molar-refractivity contribution in [1.82, 2.24) is 5.32 Å². The van der Waals surface area contributed by atoms with Crippen molar-refractivity contribution in [2.45, 2.75) is 110 Å². The minimum Gasteiger partial charge on any atom is -0.458 e. The lowest BCUT2D eigenvalue weighted by atomic mass is 10.0. The van der Waals surface area contributed by atoms with Gasteiger partial charge in [-0.3, -0.25) is 9.36 Å². The molecule has 2 unspecified atom stereocenters. The molecule has 0 saturated carbocycles. The van der Waals surface area contributed by atoms with Crippen LogP contribution in [-0.2, 0) is 23.4 Å². The molecule has 0 bridgehead atoms. The van der Waals surface area contributed by atoms with E-state index in [1.807, 2.05) is 0 Å². The number of rotatable bonds is 24. The molecule has 0 fully saturated rings. The molecule has 192 valence electrons. The Balaban J connectivity index is 3.63. The molecule has 2 N–H and O–H groups in total. The molecular formula is C24H50NO6P. The van der Waals surface area contributed by atoms with Crippen molar-refractivity contribution < 1.29 is 28.3 Å². The van der Waals surface area contributed by atoms with Crippen LogP contribution in [0.15, 0.2) is 0 Å². The largest absolute Gasteiger partial charge is 0.458 e. The molecular weight excluding hydrogens is 429 g/mol. The highest BCUT2D eigenvalue weighted by Crippen LogP contribution is 2.41. The molecule has 0 saturated heterocycles. The summed E-state index contributed by atoms with van der Waals surface area (Å²) in [7, 11) is -1.99. The van der Waals surface area contributed by atoms with Crippen LogP contribution in [0.4, 0.5) is 0 Å². The smallest absolute Gasteiger partial charge is 0.329 e. The highest BCUT2D eigenvalue weighted by molar-refractivity contribution is 7.52. The van der Waals surface area contributed by atoms with Crippen molar-refractivity contribution in [1.29, 1.82) is 0 Å². The molecule has 0 aromatic carbocycles. The molecule has 0 aliphatic rings. The fourth-order valence-electron chi connectivity index (χ4n) is 3.48. The lowest BCUT2D eigenvalue weighted by molar-refractivity contribution is -0.151. The van der Waals surface area contributed by atoms with Gasteiger partial charge in [-0.2, -0.15) is 0 Å². The maximum Gasteiger partial charge on any atom is 0.329 e. The van der Waals surface area contributed by atoms with E-state index in [0.717, 1.165) is 12.8 Å². The predicted molar refractivity (Wildman–Crippen MR) is 131 cm³/mol. The van der Waals surface area contributed by atoms with E-state index >= 15 is 0 Å². The molecule has 0 spiro atoms. The van der Waals surface area contributed by atoms with Gasteiger partial charge in [0.2, 0.25) is 0 Å². The second-order valence-electron chi connectivity index (χ2n) is 8.66. The molecule has 0 radical (unpaired) electrons. The Morgan fingerprint density at radius 3 is 1.84 bits per heavy atom. The van der Waals surface area contributed by atoms with Gasteiger partial charge in [0, 0.05) is 20.1 Å². The summed E-state index contributed by atoms with van der Waals surface area (Å²) in [6.07, 6.45) is 17.7. The third-order valence-electron chi connectivity index (χ3n) is 5.39. The van der Waals surface area contributed by atoms with Crippen LogP contribution in [-0.4, -0.2) is 56.5 Å². The molecule has 0 aliphatic heterocycles. The molecule has 0 aliphatic carbocycles. The van der Waals surface area contributed by atoms with Crippen molar-refractivity contribution in [3.8, 4) is 0 Å². The number of hydrogen-bond donors (Lipinski definition) is 2. The number of esters is 1. The normalized spacial score (nSPS) is 14.2. The zero-order chi connectivity index (χ0) is 23.9. The molecule has 0 aromatic rings. The van der Waals surface area contributed by atoms with Crippen LogP contribution < -0.4 is 5.32 Å². The predicted octanol–water partition coefficient (Wildman–Crippen LogP) is 5.84. The summed E-state index contributed by atoms with van der Waals surface area (Å²) in [4.78, 5) is 21.0. The van der Waals surface area contributed by atoms with E-state index in [2.05, 4.69) is 12.2 Å². The standard InChI is InChI=1S/C24H50NO6P/c1-4-5-6-7-8-9-10-11-12-13-14-15-16-17-19-29-21-24(31-23(2)26)22-30-32(27,28)20-18-25-3/h24-25H,4-22H2,1-3H3,(H,27,28). The Morgan fingerprint density at radius 1 is 0.875 bits per heavy atom. The fourth-order valence-corrected chi connectivity index (χ4v) is 4.52.